The second-order valence-corrected chi connectivity index (χ2v) is 6.41. The van der Waals surface area contributed by atoms with Crippen molar-refractivity contribution in [1.29, 1.82) is 0 Å². The van der Waals surface area contributed by atoms with Crippen LogP contribution >= 0.6 is 0 Å². The molecule has 0 bridgehead atoms. The summed E-state index contributed by atoms with van der Waals surface area (Å²) in [5.41, 5.74) is 1.55. The van der Waals surface area contributed by atoms with Crippen LogP contribution < -0.4 is 15.4 Å². The van der Waals surface area contributed by atoms with Crippen LogP contribution in [0.25, 0.3) is 0 Å². The molecule has 0 atom stereocenters. The fourth-order valence-electron chi connectivity index (χ4n) is 3.26. The Labute approximate surface area is 136 Å². The lowest BCUT2D eigenvalue weighted by Gasteiger charge is -2.16. The Morgan fingerprint density at radius 3 is 2.78 bits per heavy atom. The van der Waals surface area contributed by atoms with Gasteiger partial charge < -0.3 is 15.4 Å². The van der Waals surface area contributed by atoms with Gasteiger partial charge in [0, 0.05) is 6.04 Å². The van der Waals surface area contributed by atoms with E-state index < -0.39 is 0 Å². The molecule has 1 aliphatic carbocycles. The minimum Gasteiger partial charge on any atom is -0.491 e. The Hall–Kier alpha value is -2.04. The van der Waals surface area contributed by atoms with Gasteiger partial charge in [0.1, 0.15) is 5.75 Å². The predicted octanol–water partition coefficient (Wildman–Crippen LogP) is 2.79. The zero-order chi connectivity index (χ0) is 16.1. The van der Waals surface area contributed by atoms with Crippen molar-refractivity contribution in [2.24, 2.45) is 0 Å². The largest absolute Gasteiger partial charge is 0.491 e. The number of ether oxygens (including phenoxy) is 1. The minimum absolute atomic E-state index is 0.0520. The molecule has 2 amide bonds. The quantitative estimate of drug-likeness (QED) is 0.843. The van der Waals surface area contributed by atoms with Crippen molar-refractivity contribution in [3.8, 4) is 5.75 Å². The van der Waals surface area contributed by atoms with E-state index in [0.29, 0.717) is 36.9 Å². The summed E-state index contributed by atoms with van der Waals surface area (Å²) in [7, 11) is 0. The average molecular weight is 316 g/mol. The summed E-state index contributed by atoms with van der Waals surface area (Å²) >= 11 is 0. The number of fused-ring (bicyclic) bond motifs is 1. The van der Waals surface area contributed by atoms with Gasteiger partial charge >= 0.3 is 0 Å². The first kappa shape index (κ1) is 15.8. The van der Waals surface area contributed by atoms with Crippen LogP contribution in [0.1, 0.15) is 50.5 Å². The van der Waals surface area contributed by atoms with Crippen molar-refractivity contribution in [3.63, 3.8) is 0 Å². The molecular formula is C18H24N2O3. The second-order valence-electron chi connectivity index (χ2n) is 6.41. The minimum atomic E-state index is -0.0520. The van der Waals surface area contributed by atoms with Gasteiger partial charge in [0.25, 0.3) is 0 Å². The van der Waals surface area contributed by atoms with Crippen LogP contribution in [0.4, 0.5) is 5.69 Å². The standard InChI is InChI=1S/C18H24N2O3/c21-17-9-10-23-16-8-7-13(11-15(16)20-17)12-18(22)19-14-5-3-1-2-4-6-14/h7-8,11,14H,1-6,9-10,12H2,(H,19,22)(H,20,21). The molecule has 0 aromatic heterocycles. The number of nitrogens with one attached hydrogen (secondary N) is 2. The molecule has 1 heterocycles. The van der Waals surface area contributed by atoms with Crippen molar-refractivity contribution >= 4 is 17.5 Å². The number of benzene rings is 1. The van der Waals surface area contributed by atoms with Gasteiger partial charge in [-0.2, -0.15) is 0 Å². The molecule has 2 N–H and O–H groups in total. The highest BCUT2D eigenvalue weighted by Gasteiger charge is 2.17. The molecule has 1 saturated carbocycles. The van der Waals surface area contributed by atoms with Crippen molar-refractivity contribution in [2.75, 3.05) is 11.9 Å². The Morgan fingerprint density at radius 2 is 2.00 bits per heavy atom. The topological polar surface area (TPSA) is 67.4 Å². The maximum Gasteiger partial charge on any atom is 0.227 e. The number of carbonyl (C=O) groups is 2. The fourth-order valence-corrected chi connectivity index (χ4v) is 3.26. The molecule has 0 radical (unpaired) electrons. The van der Waals surface area contributed by atoms with Crippen LogP contribution in [0.3, 0.4) is 0 Å². The molecule has 124 valence electrons. The van der Waals surface area contributed by atoms with E-state index in [9.17, 15) is 9.59 Å². The molecule has 1 aliphatic heterocycles. The smallest absolute Gasteiger partial charge is 0.227 e. The lowest BCUT2D eigenvalue weighted by Crippen LogP contribution is -2.35. The summed E-state index contributed by atoms with van der Waals surface area (Å²) in [6.45, 7) is 0.389. The molecule has 1 aromatic carbocycles. The lowest BCUT2D eigenvalue weighted by atomic mass is 10.1. The third-order valence-corrected chi connectivity index (χ3v) is 4.49. The van der Waals surface area contributed by atoms with Gasteiger partial charge in [0.2, 0.25) is 11.8 Å². The van der Waals surface area contributed by atoms with Crippen LogP contribution in [0.15, 0.2) is 18.2 Å². The van der Waals surface area contributed by atoms with Gasteiger partial charge in [0.15, 0.2) is 0 Å². The highest BCUT2D eigenvalue weighted by Crippen LogP contribution is 2.28. The zero-order valence-corrected chi connectivity index (χ0v) is 13.4. The van der Waals surface area contributed by atoms with Crippen LogP contribution in [-0.4, -0.2) is 24.5 Å². The Kier molecular flexibility index (Phi) is 5.16. The van der Waals surface area contributed by atoms with Crippen molar-refractivity contribution < 1.29 is 14.3 Å². The normalized spacial score (nSPS) is 18.9. The van der Waals surface area contributed by atoms with Gasteiger partial charge in [-0.15, -0.1) is 0 Å². The molecule has 5 nitrogen and oxygen atoms in total. The van der Waals surface area contributed by atoms with E-state index in [1.54, 1.807) is 0 Å². The second kappa shape index (κ2) is 7.49. The van der Waals surface area contributed by atoms with Gasteiger partial charge in [-0.25, -0.2) is 0 Å². The molecule has 0 unspecified atom stereocenters. The van der Waals surface area contributed by atoms with Crippen LogP contribution in [0, 0.1) is 0 Å². The van der Waals surface area contributed by atoms with E-state index in [1.165, 1.54) is 25.7 Å². The maximum absolute atomic E-state index is 12.3. The van der Waals surface area contributed by atoms with E-state index in [-0.39, 0.29) is 11.8 Å². The number of carbonyl (C=O) groups excluding carboxylic acids is 2. The van der Waals surface area contributed by atoms with E-state index in [4.69, 9.17) is 4.74 Å². The average Bonchev–Trinajstić information content (AvgIpc) is 2.86. The van der Waals surface area contributed by atoms with E-state index in [2.05, 4.69) is 10.6 Å². The molecule has 3 rings (SSSR count). The molecule has 5 heteroatoms. The summed E-state index contributed by atoms with van der Waals surface area (Å²) in [5.74, 6) is 0.672. The van der Waals surface area contributed by atoms with Crippen molar-refractivity contribution in [2.45, 2.75) is 57.4 Å². The number of hydrogen-bond acceptors (Lipinski definition) is 3. The molecular weight excluding hydrogens is 292 g/mol. The fraction of sp³-hybridized carbons (Fsp3) is 0.556. The van der Waals surface area contributed by atoms with Crippen LogP contribution in [-0.2, 0) is 16.0 Å². The Balaban J connectivity index is 1.61. The third kappa shape index (κ3) is 4.47. The van der Waals surface area contributed by atoms with E-state index >= 15 is 0 Å². The van der Waals surface area contributed by atoms with Crippen LogP contribution in [0.5, 0.6) is 5.75 Å². The molecule has 1 aromatic rings. The Morgan fingerprint density at radius 1 is 1.22 bits per heavy atom. The van der Waals surface area contributed by atoms with Gasteiger partial charge in [-0.05, 0) is 30.5 Å². The van der Waals surface area contributed by atoms with Gasteiger partial charge in [-0.1, -0.05) is 31.7 Å². The SMILES string of the molecule is O=C1CCOc2ccc(CC(=O)NC3CCCCCC3)cc2N1. The first-order valence-corrected chi connectivity index (χ1v) is 8.55. The summed E-state index contributed by atoms with van der Waals surface area (Å²) in [6.07, 6.45) is 7.81. The molecule has 0 saturated heterocycles. The Bertz CT molecular complexity index is 578. The van der Waals surface area contributed by atoms with Gasteiger partial charge in [0.05, 0.1) is 25.1 Å². The van der Waals surface area contributed by atoms with Crippen LogP contribution in [0.2, 0.25) is 0 Å². The summed E-state index contributed by atoms with van der Waals surface area (Å²) in [5, 5.41) is 5.98. The third-order valence-electron chi connectivity index (χ3n) is 4.49. The first-order valence-electron chi connectivity index (χ1n) is 8.55. The molecule has 1 fully saturated rings. The maximum atomic E-state index is 12.3. The number of amides is 2. The van der Waals surface area contributed by atoms with Gasteiger partial charge in [-0.3, -0.25) is 9.59 Å². The molecule has 2 aliphatic rings. The summed E-state index contributed by atoms with van der Waals surface area (Å²) < 4.78 is 5.53. The number of anilines is 1. The summed E-state index contributed by atoms with van der Waals surface area (Å²) in [6, 6.07) is 5.87. The highest BCUT2D eigenvalue weighted by molar-refractivity contribution is 5.93. The summed E-state index contributed by atoms with van der Waals surface area (Å²) in [4.78, 5) is 23.9. The number of rotatable bonds is 3. The van der Waals surface area contributed by atoms with E-state index in [1.807, 2.05) is 18.2 Å². The molecule has 23 heavy (non-hydrogen) atoms. The highest BCUT2D eigenvalue weighted by atomic mass is 16.5. The lowest BCUT2D eigenvalue weighted by molar-refractivity contribution is -0.121. The van der Waals surface area contributed by atoms with E-state index in [0.717, 1.165) is 18.4 Å². The van der Waals surface area contributed by atoms with Crippen molar-refractivity contribution in [3.05, 3.63) is 23.8 Å². The number of hydrogen-bond donors (Lipinski definition) is 2. The predicted molar refractivity (Wildman–Crippen MR) is 88.5 cm³/mol. The van der Waals surface area contributed by atoms with Crippen molar-refractivity contribution in [1.82, 2.24) is 5.32 Å². The first-order chi connectivity index (χ1) is 11.2. The molecule has 0 spiro atoms. The zero-order valence-electron chi connectivity index (χ0n) is 13.4. The monoisotopic (exact) mass is 316 g/mol.